The molecule has 5 heteroatoms. The zero-order valence-corrected chi connectivity index (χ0v) is 12.8. The van der Waals surface area contributed by atoms with Gasteiger partial charge in [0.1, 0.15) is 11.6 Å². The van der Waals surface area contributed by atoms with Gasteiger partial charge in [0.15, 0.2) is 0 Å². The molecule has 0 spiro atoms. The number of aromatic nitrogens is 1. The lowest BCUT2D eigenvalue weighted by Gasteiger charge is -2.35. The molecule has 1 unspecified atom stereocenters. The average molecular weight is 315 g/mol. The zero-order valence-electron chi connectivity index (χ0n) is 12.8. The maximum atomic E-state index is 13.6. The summed E-state index contributed by atoms with van der Waals surface area (Å²) >= 11 is 0. The Balaban J connectivity index is 1.69. The van der Waals surface area contributed by atoms with E-state index in [0.29, 0.717) is 12.1 Å². The first-order chi connectivity index (χ1) is 11.2. The Morgan fingerprint density at radius 3 is 3.00 bits per heavy atom. The maximum absolute atomic E-state index is 13.6. The van der Waals surface area contributed by atoms with Crippen LogP contribution in [0.15, 0.2) is 48.8 Å². The Hall–Kier alpha value is -2.11. The van der Waals surface area contributed by atoms with E-state index in [9.17, 15) is 8.78 Å². The van der Waals surface area contributed by atoms with Crippen molar-refractivity contribution in [1.82, 2.24) is 15.2 Å². The van der Waals surface area contributed by atoms with Gasteiger partial charge in [-0.3, -0.25) is 9.88 Å². The molecule has 3 nitrogen and oxygen atoms in total. The minimum absolute atomic E-state index is 0.250. The van der Waals surface area contributed by atoms with Crippen LogP contribution >= 0.6 is 0 Å². The molecule has 1 atom stereocenters. The quantitative estimate of drug-likeness (QED) is 0.940. The second-order valence-electron chi connectivity index (χ2n) is 5.57. The van der Waals surface area contributed by atoms with Crippen molar-refractivity contribution in [2.45, 2.75) is 6.04 Å². The normalized spacial score (nSPS) is 19.3. The third kappa shape index (κ3) is 4.00. The molecule has 0 saturated carbocycles. The number of hydrogen-bond acceptors (Lipinski definition) is 3. The SMILES string of the molecule is Fc1ccc(/C=C/CN2CCNCC2c2cccnc2)c(F)c1. The van der Waals surface area contributed by atoms with Gasteiger partial charge in [-0.05, 0) is 23.8 Å². The summed E-state index contributed by atoms with van der Waals surface area (Å²) in [6.45, 7) is 3.41. The van der Waals surface area contributed by atoms with Gasteiger partial charge >= 0.3 is 0 Å². The van der Waals surface area contributed by atoms with Gasteiger partial charge in [0, 0.05) is 56.2 Å². The van der Waals surface area contributed by atoms with Crippen molar-refractivity contribution in [2.24, 2.45) is 0 Å². The minimum atomic E-state index is -0.557. The van der Waals surface area contributed by atoms with Gasteiger partial charge in [0.05, 0.1) is 0 Å². The Bertz CT molecular complexity index is 673. The lowest BCUT2D eigenvalue weighted by atomic mass is 10.1. The Morgan fingerprint density at radius 1 is 1.30 bits per heavy atom. The molecule has 1 aromatic carbocycles. The summed E-state index contributed by atoms with van der Waals surface area (Å²) in [6.07, 6.45) is 7.28. The predicted octanol–water partition coefficient (Wildman–Crippen LogP) is 3.02. The molecular weight excluding hydrogens is 296 g/mol. The summed E-state index contributed by atoms with van der Waals surface area (Å²) < 4.78 is 26.5. The topological polar surface area (TPSA) is 28.2 Å². The van der Waals surface area contributed by atoms with Gasteiger partial charge in [0.2, 0.25) is 0 Å². The summed E-state index contributed by atoms with van der Waals surface area (Å²) in [4.78, 5) is 6.51. The Labute approximate surface area is 134 Å². The predicted molar refractivity (Wildman–Crippen MR) is 86.8 cm³/mol. The monoisotopic (exact) mass is 315 g/mol. The highest BCUT2D eigenvalue weighted by atomic mass is 19.1. The first-order valence-electron chi connectivity index (χ1n) is 7.70. The van der Waals surface area contributed by atoms with E-state index in [1.165, 1.54) is 17.7 Å². The fraction of sp³-hybridized carbons (Fsp3) is 0.278. The molecule has 1 aliphatic rings. The fourth-order valence-electron chi connectivity index (χ4n) is 2.82. The van der Waals surface area contributed by atoms with Crippen LogP contribution < -0.4 is 5.32 Å². The number of nitrogens with one attached hydrogen (secondary N) is 1. The number of hydrogen-bond donors (Lipinski definition) is 1. The van der Waals surface area contributed by atoms with Gasteiger partial charge in [-0.2, -0.15) is 0 Å². The largest absolute Gasteiger partial charge is 0.314 e. The molecule has 1 saturated heterocycles. The van der Waals surface area contributed by atoms with E-state index in [0.717, 1.165) is 25.7 Å². The number of pyridine rings is 1. The number of nitrogens with zero attached hydrogens (tertiary/aromatic N) is 2. The van der Waals surface area contributed by atoms with Crippen molar-refractivity contribution in [3.05, 3.63) is 71.6 Å². The van der Waals surface area contributed by atoms with Crippen molar-refractivity contribution in [2.75, 3.05) is 26.2 Å². The van der Waals surface area contributed by atoms with Crippen LogP contribution in [0.25, 0.3) is 6.08 Å². The summed E-state index contributed by atoms with van der Waals surface area (Å²) in [6, 6.07) is 7.89. The van der Waals surface area contributed by atoms with Gasteiger partial charge < -0.3 is 5.32 Å². The summed E-state index contributed by atoms with van der Waals surface area (Å²) in [5.74, 6) is -1.09. The number of rotatable bonds is 4. The molecule has 0 bridgehead atoms. The van der Waals surface area contributed by atoms with Crippen molar-refractivity contribution in [3.8, 4) is 0 Å². The van der Waals surface area contributed by atoms with Gasteiger partial charge in [-0.25, -0.2) is 8.78 Å². The highest BCUT2D eigenvalue weighted by Crippen LogP contribution is 2.21. The molecule has 1 aromatic heterocycles. The molecule has 1 fully saturated rings. The molecular formula is C18H19F2N3. The second kappa shape index (κ2) is 7.44. The van der Waals surface area contributed by atoms with Crippen molar-refractivity contribution >= 4 is 6.08 Å². The van der Waals surface area contributed by atoms with Crippen LogP contribution in [-0.2, 0) is 0 Å². The van der Waals surface area contributed by atoms with Crippen molar-refractivity contribution < 1.29 is 8.78 Å². The number of piperazine rings is 1. The van der Waals surface area contributed by atoms with Crippen LogP contribution in [-0.4, -0.2) is 36.1 Å². The molecule has 0 radical (unpaired) electrons. The third-order valence-corrected chi connectivity index (χ3v) is 4.02. The summed E-state index contributed by atoms with van der Waals surface area (Å²) in [5, 5.41) is 3.39. The van der Waals surface area contributed by atoms with Crippen LogP contribution in [0.3, 0.4) is 0 Å². The van der Waals surface area contributed by atoms with Crippen molar-refractivity contribution in [1.29, 1.82) is 0 Å². The van der Waals surface area contributed by atoms with E-state index in [-0.39, 0.29) is 6.04 Å². The Morgan fingerprint density at radius 2 is 2.22 bits per heavy atom. The first kappa shape index (κ1) is 15.8. The molecule has 23 heavy (non-hydrogen) atoms. The molecule has 2 aromatic rings. The van der Waals surface area contributed by atoms with Crippen LogP contribution in [0.2, 0.25) is 0 Å². The highest BCUT2D eigenvalue weighted by Gasteiger charge is 2.22. The van der Waals surface area contributed by atoms with E-state index in [4.69, 9.17) is 0 Å². The summed E-state index contributed by atoms with van der Waals surface area (Å²) in [7, 11) is 0. The first-order valence-corrected chi connectivity index (χ1v) is 7.70. The van der Waals surface area contributed by atoms with Crippen LogP contribution in [0.5, 0.6) is 0 Å². The van der Waals surface area contributed by atoms with Gasteiger partial charge in [-0.1, -0.05) is 18.2 Å². The highest BCUT2D eigenvalue weighted by molar-refractivity contribution is 5.50. The molecule has 0 aliphatic carbocycles. The molecule has 1 N–H and O–H groups in total. The van der Waals surface area contributed by atoms with Crippen LogP contribution in [0.1, 0.15) is 17.2 Å². The lowest BCUT2D eigenvalue weighted by Crippen LogP contribution is -2.45. The zero-order chi connectivity index (χ0) is 16.1. The van der Waals surface area contributed by atoms with Crippen molar-refractivity contribution in [3.63, 3.8) is 0 Å². The standard InChI is InChI=1S/C18H19F2N3/c19-16-6-5-14(17(20)11-16)4-2-9-23-10-8-22-13-18(23)15-3-1-7-21-12-15/h1-7,11-12,18,22H,8-10,13H2/b4-2+. The molecule has 1 aliphatic heterocycles. The maximum Gasteiger partial charge on any atom is 0.133 e. The van der Waals surface area contributed by atoms with E-state index >= 15 is 0 Å². The number of benzene rings is 1. The molecule has 120 valence electrons. The molecule has 3 rings (SSSR count). The van der Waals surface area contributed by atoms with Gasteiger partial charge in [-0.15, -0.1) is 0 Å². The second-order valence-corrected chi connectivity index (χ2v) is 5.57. The minimum Gasteiger partial charge on any atom is -0.314 e. The third-order valence-electron chi connectivity index (χ3n) is 4.02. The van der Waals surface area contributed by atoms with E-state index < -0.39 is 11.6 Å². The Kier molecular flexibility index (Phi) is 5.10. The van der Waals surface area contributed by atoms with Crippen LogP contribution in [0, 0.1) is 11.6 Å². The average Bonchev–Trinajstić information content (AvgIpc) is 2.58. The molecule has 0 amide bonds. The van der Waals surface area contributed by atoms with E-state index in [2.05, 4.69) is 21.3 Å². The fourth-order valence-corrected chi connectivity index (χ4v) is 2.82. The van der Waals surface area contributed by atoms with E-state index in [1.807, 2.05) is 18.3 Å². The number of halogens is 2. The summed E-state index contributed by atoms with van der Waals surface area (Å²) in [5.41, 5.74) is 1.57. The van der Waals surface area contributed by atoms with Gasteiger partial charge in [0.25, 0.3) is 0 Å². The van der Waals surface area contributed by atoms with Crippen LogP contribution in [0.4, 0.5) is 8.78 Å². The molecule has 2 heterocycles. The van der Waals surface area contributed by atoms with E-state index in [1.54, 1.807) is 12.3 Å². The smallest absolute Gasteiger partial charge is 0.133 e. The lowest BCUT2D eigenvalue weighted by molar-refractivity contribution is 0.180.